The molecule has 0 spiro atoms. The van der Waals surface area contributed by atoms with Crippen LogP contribution in [0.5, 0.6) is 0 Å². The molecule has 0 fully saturated rings. The first-order valence-corrected chi connectivity index (χ1v) is 8.25. The fourth-order valence-electron chi connectivity index (χ4n) is 2.79. The summed E-state index contributed by atoms with van der Waals surface area (Å²) in [6, 6.07) is 9.64. The van der Waals surface area contributed by atoms with Crippen molar-refractivity contribution < 1.29 is 4.79 Å². The summed E-state index contributed by atoms with van der Waals surface area (Å²) in [6.45, 7) is 2.59. The summed E-state index contributed by atoms with van der Waals surface area (Å²) in [7, 11) is 1.85. The lowest BCUT2D eigenvalue weighted by molar-refractivity contribution is 0.252. The van der Waals surface area contributed by atoms with Crippen molar-refractivity contribution in [2.45, 2.75) is 12.8 Å². The average molecular weight is 325 g/mol. The van der Waals surface area contributed by atoms with Gasteiger partial charge >= 0.3 is 6.03 Å². The second-order valence-corrected chi connectivity index (χ2v) is 5.88. The fraction of sp³-hybridized carbons (Fsp3) is 0.333. The summed E-state index contributed by atoms with van der Waals surface area (Å²) >= 11 is 0. The van der Waals surface area contributed by atoms with Crippen LogP contribution in [0.25, 0.3) is 11.3 Å². The lowest BCUT2D eigenvalue weighted by atomic mass is 10.1. The number of urea groups is 1. The Morgan fingerprint density at radius 3 is 2.92 bits per heavy atom. The van der Waals surface area contributed by atoms with Crippen molar-refractivity contribution in [3.63, 3.8) is 0 Å². The zero-order chi connectivity index (χ0) is 16.8. The average Bonchev–Trinajstić information content (AvgIpc) is 2.97. The Bertz CT molecular complexity index is 720. The molecule has 6 nitrogen and oxygen atoms in total. The minimum atomic E-state index is -0.199. The number of carbonyl (C=O) groups excluding carboxylic acids is 1. The second-order valence-electron chi connectivity index (χ2n) is 5.88. The summed E-state index contributed by atoms with van der Waals surface area (Å²) in [4.78, 5) is 12.2. The van der Waals surface area contributed by atoms with E-state index in [1.54, 1.807) is 4.68 Å². The van der Waals surface area contributed by atoms with Crippen molar-refractivity contribution in [2.75, 3.05) is 25.0 Å². The Balaban J connectivity index is 1.57. The molecule has 3 rings (SSSR count). The molecule has 1 aliphatic rings. The zero-order valence-electron chi connectivity index (χ0n) is 13.9. The molecule has 126 valence electrons. The van der Waals surface area contributed by atoms with E-state index in [4.69, 9.17) is 0 Å². The molecule has 0 saturated carbocycles. The molecule has 0 aliphatic carbocycles. The number of benzene rings is 1. The molecule has 6 heteroatoms. The summed E-state index contributed by atoms with van der Waals surface area (Å²) in [6.07, 6.45) is 5.98. The van der Waals surface area contributed by atoms with E-state index in [0.29, 0.717) is 12.2 Å². The third-order valence-corrected chi connectivity index (χ3v) is 4.01. The molecule has 2 amide bonds. The van der Waals surface area contributed by atoms with Crippen molar-refractivity contribution >= 4 is 11.7 Å². The number of carbonyl (C=O) groups is 1. The number of anilines is 1. The van der Waals surface area contributed by atoms with Gasteiger partial charge < -0.3 is 16.0 Å². The van der Waals surface area contributed by atoms with E-state index in [1.807, 2.05) is 43.6 Å². The number of amides is 2. The van der Waals surface area contributed by atoms with Crippen LogP contribution in [-0.2, 0) is 7.05 Å². The quantitative estimate of drug-likeness (QED) is 0.740. The SMILES string of the molecule is Cn1cc(NC(=O)NCCC2=CCNCC2)c(-c2ccccc2)n1. The Morgan fingerprint density at radius 2 is 2.17 bits per heavy atom. The van der Waals surface area contributed by atoms with Gasteiger partial charge in [0.05, 0.1) is 5.69 Å². The maximum atomic E-state index is 12.2. The number of aromatic nitrogens is 2. The van der Waals surface area contributed by atoms with Crippen molar-refractivity contribution in [1.82, 2.24) is 20.4 Å². The summed E-state index contributed by atoms with van der Waals surface area (Å²) in [5.41, 5.74) is 3.87. The van der Waals surface area contributed by atoms with E-state index >= 15 is 0 Å². The molecular formula is C18H23N5O. The molecule has 1 aliphatic heterocycles. The van der Waals surface area contributed by atoms with Gasteiger partial charge in [0.2, 0.25) is 0 Å². The van der Waals surface area contributed by atoms with Crippen molar-refractivity contribution in [3.05, 3.63) is 48.2 Å². The van der Waals surface area contributed by atoms with Gasteiger partial charge in [0.15, 0.2) is 0 Å². The van der Waals surface area contributed by atoms with Crippen LogP contribution in [0, 0.1) is 0 Å². The highest BCUT2D eigenvalue weighted by molar-refractivity contribution is 5.93. The number of hydrogen-bond acceptors (Lipinski definition) is 3. The van der Waals surface area contributed by atoms with Gasteiger partial charge in [-0.05, 0) is 19.4 Å². The van der Waals surface area contributed by atoms with Gasteiger partial charge in [-0.15, -0.1) is 0 Å². The Kier molecular flexibility index (Phi) is 5.28. The first-order valence-electron chi connectivity index (χ1n) is 8.25. The summed E-state index contributed by atoms with van der Waals surface area (Å²) < 4.78 is 1.71. The van der Waals surface area contributed by atoms with Crippen LogP contribution in [0.4, 0.5) is 10.5 Å². The Hall–Kier alpha value is -2.60. The van der Waals surface area contributed by atoms with Crippen LogP contribution in [-0.4, -0.2) is 35.4 Å². The lowest BCUT2D eigenvalue weighted by Crippen LogP contribution is -2.30. The first kappa shape index (κ1) is 16.3. The van der Waals surface area contributed by atoms with Crippen molar-refractivity contribution in [1.29, 1.82) is 0 Å². The molecule has 24 heavy (non-hydrogen) atoms. The van der Waals surface area contributed by atoms with Crippen LogP contribution in [0.2, 0.25) is 0 Å². The molecule has 1 aromatic heterocycles. The van der Waals surface area contributed by atoms with E-state index in [0.717, 1.165) is 37.2 Å². The zero-order valence-corrected chi connectivity index (χ0v) is 13.9. The standard InChI is InChI=1S/C18H23N5O/c1-23-13-16(17(22-23)15-5-3-2-4-6-15)21-18(24)20-12-9-14-7-10-19-11-8-14/h2-7,13,19H,8-12H2,1H3,(H2,20,21,24). The predicted molar refractivity (Wildman–Crippen MR) is 95.9 cm³/mol. The highest BCUT2D eigenvalue weighted by Crippen LogP contribution is 2.25. The Labute approximate surface area is 141 Å². The highest BCUT2D eigenvalue weighted by atomic mass is 16.2. The van der Waals surface area contributed by atoms with Crippen LogP contribution >= 0.6 is 0 Å². The van der Waals surface area contributed by atoms with Gasteiger partial charge in [-0.2, -0.15) is 5.10 Å². The van der Waals surface area contributed by atoms with Gasteiger partial charge in [0, 0.05) is 31.9 Å². The monoisotopic (exact) mass is 325 g/mol. The smallest absolute Gasteiger partial charge is 0.319 e. The van der Waals surface area contributed by atoms with Gasteiger partial charge in [0.1, 0.15) is 5.69 Å². The molecule has 2 heterocycles. The third-order valence-electron chi connectivity index (χ3n) is 4.01. The number of aryl methyl sites for hydroxylation is 1. The lowest BCUT2D eigenvalue weighted by Gasteiger charge is -2.14. The van der Waals surface area contributed by atoms with Crippen LogP contribution in [0.1, 0.15) is 12.8 Å². The molecule has 0 bridgehead atoms. The predicted octanol–water partition coefficient (Wildman–Crippen LogP) is 2.52. The van der Waals surface area contributed by atoms with Crippen LogP contribution in [0.15, 0.2) is 48.2 Å². The molecule has 0 radical (unpaired) electrons. The molecule has 1 aromatic carbocycles. The topological polar surface area (TPSA) is 71.0 Å². The highest BCUT2D eigenvalue weighted by Gasteiger charge is 2.12. The molecule has 2 aromatic rings. The first-order chi connectivity index (χ1) is 11.7. The maximum Gasteiger partial charge on any atom is 0.319 e. The van der Waals surface area contributed by atoms with Crippen LogP contribution in [0.3, 0.4) is 0 Å². The summed E-state index contributed by atoms with van der Waals surface area (Å²) in [5, 5.41) is 13.6. The molecule has 0 saturated heterocycles. The number of rotatable bonds is 5. The van der Waals surface area contributed by atoms with E-state index in [9.17, 15) is 4.79 Å². The number of hydrogen-bond donors (Lipinski definition) is 3. The number of nitrogens with one attached hydrogen (secondary N) is 3. The van der Waals surface area contributed by atoms with E-state index in [2.05, 4.69) is 27.1 Å². The van der Waals surface area contributed by atoms with Gasteiger partial charge in [-0.1, -0.05) is 42.0 Å². The maximum absolute atomic E-state index is 12.2. The van der Waals surface area contributed by atoms with Crippen molar-refractivity contribution in [2.24, 2.45) is 7.05 Å². The van der Waals surface area contributed by atoms with Crippen LogP contribution < -0.4 is 16.0 Å². The molecular weight excluding hydrogens is 302 g/mol. The molecule has 3 N–H and O–H groups in total. The van der Waals surface area contributed by atoms with Gasteiger partial charge in [0.25, 0.3) is 0 Å². The number of nitrogens with zero attached hydrogens (tertiary/aromatic N) is 2. The minimum Gasteiger partial charge on any atom is -0.338 e. The Morgan fingerprint density at radius 1 is 1.33 bits per heavy atom. The van der Waals surface area contributed by atoms with Crippen molar-refractivity contribution in [3.8, 4) is 11.3 Å². The normalized spacial score (nSPS) is 14.1. The molecule has 0 atom stereocenters. The largest absolute Gasteiger partial charge is 0.338 e. The van der Waals surface area contributed by atoms with E-state index in [-0.39, 0.29) is 6.03 Å². The fourth-order valence-corrected chi connectivity index (χ4v) is 2.79. The van der Waals surface area contributed by atoms with E-state index in [1.165, 1.54) is 5.57 Å². The van der Waals surface area contributed by atoms with Gasteiger partial charge in [-0.25, -0.2) is 4.79 Å². The minimum absolute atomic E-state index is 0.199. The van der Waals surface area contributed by atoms with Gasteiger partial charge in [-0.3, -0.25) is 4.68 Å². The summed E-state index contributed by atoms with van der Waals surface area (Å²) in [5.74, 6) is 0. The second kappa shape index (κ2) is 7.79. The molecule has 0 unspecified atom stereocenters. The van der Waals surface area contributed by atoms with E-state index < -0.39 is 0 Å². The third kappa shape index (κ3) is 4.23.